The fourth-order valence-corrected chi connectivity index (χ4v) is 1.94. The molecule has 1 aromatic heterocycles. The van der Waals surface area contributed by atoms with E-state index in [4.69, 9.17) is 5.73 Å². The van der Waals surface area contributed by atoms with Gasteiger partial charge in [-0.2, -0.15) is 0 Å². The molecular weight excluding hydrogens is 266 g/mol. The molecule has 5 nitrogen and oxygen atoms in total. The first-order chi connectivity index (χ1) is 10.1. The number of benzene rings is 1. The number of pyridine rings is 1. The lowest BCUT2D eigenvalue weighted by molar-refractivity contribution is -0.119. The van der Waals surface area contributed by atoms with E-state index in [0.717, 1.165) is 5.56 Å². The number of hydrogen-bond acceptors (Lipinski definition) is 3. The smallest absolute Gasteiger partial charge is 0.270 e. The Morgan fingerprint density at radius 3 is 2.48 bits per heavy atom. The van der Waals surface area contributed by atoms with Crippen LogP contribution in [0, 0.1) is 0 Å². The van der Waals surface area contributed by atoms with Crippen molar-refractivity contribution >= 4 is 11.8 Å². The number of nitrogens with two attached hydrogens (primary N) is 1. The molecule has 0 saturated carbocycles. The Morgan fingerprint density at radius 2 is 1.86 bits per heavy atom. The van der Waals surface area contributed by atoms with E-state index in [1.807, 2.05) is 36.4 Å². The highest BCUT2D eigenvalue weighted by atomic mass is 16.2. The third kappa shape index (κ3) is 3.66. The first kappa shape index (κ1) is 14.7. The van der Waals surface area contributed by atoms with Crippen molar-refractivity contribution in [2.75, 3.05) is 0 Å². The lowest BCUT2D eigenvalue weighted by Crippen LogP contribution is -2.44. The minimum atomic E-state index is -0.681. The van der Waals surface area contributed by atoms with Gasteiger partial charge < -0.3 is 11.1 Å². The average Bonchev–Trinajstić information content (AvgIpc) is 2.53. The Hall–Kier alpha value is -2.69. The largest absolute Gasteiger partial charge is 0.368 e. The van der Waals surface area contributed by atoms with Gasteiger partial charge in [0.25, 0.3) is 5.91 Å². The Balaban J connectivity index is 2.21. The summed E-state index contributed by atoms with van der Waals surface area (Å²) < 4.78 is 0. The molecule has 1 atom stereocenters. The van der Waals surface area contributed by atoms with E-state index in [0.29, 0.717) is 12.1 Å². The van der Waals surface area contributed by atoms with Crippen LogP contribution in [0.2, 0.25) is 0 Å². The number of carbonyl (C=O) groups is 2. The number of aromatic nitrogens is 1. The highest BCUT2D eigenvalue weighted by molar-refractivity contribution is 5.96. The average molecular weight is 283 g/mol. The van der Waals surface area contributed by atoms with E-state index in [2.05, 4.69) is 10.3 Å². The minimum absolute atomic E-state index is 0.260. The van der Waals surface area contributed by atoms with Gasteiger partial charge in [0.15, 0.2) is 0 Å². The van der Waals surface area contributed by atoms with Crippen LogP contribution in [0.3, 0.4) is 0 Å². The molecule has 21 heavy (non-hydrogen) atoms. The van der Waals surface area contributed by atoms with E-state index < -0.39 is 17.9 Å². The molecule has 1 aromatic carbocycles. The minimum Gasteiger partial charge on any atom is -0.368 e. The zero-order valence-electron chi connectivity index (χ0n) is 11.7. The number of primary amides is 1. The molecule has 0 aliphatic heterocycles. The summed E-state index contributed by atoms with van der Waals surface area (Å²) in [6.45, 7) is 1.78. The SMILES string of the molecule is CCC(NC(=O)c1cccc(-c2ccccc2)n1)C(N)=O. The second-order valence-electron chi connectivity index (χ2n) is 4.61. The number of amides is 2. The van der Waals surface area contributed by atoms with Gasteiger partial charge in [0, 0.05) is 5.56 Å². The zero-order chi connectivity index (χ0) is 15.2. The van der Waals surface area contributed by atoms with Crippen LogP contribution in [0.15, 0.2) is 48.5 Å². The molecule has 0 bridgehead atoms. The van der Waals surface area contributed by atoms with Gasteiger partial charge in [0.2, 0.25) is 5.91 Å². The van der Waals surface area contributed by atoms with E-state index in [1.165, 1.54) is 0 Å². The molecule has 0 aliphatic carbocycles. The predicted molar refractivity (Wildman–Crippen MR) is 80.4 cm³/mol. The molecule has 2 aromatic rings. The van der Waals surface area contributed by atoms with Crippen LogP contribution >= 0.6 is 0 Å². The zero-order valence-corrected chi connectivity index (χ0v) is 11.7. The summed E-state index contributed by atoms with van der Waals surface area (Å²) >= 11 is 0. The monoisotopic (exact) mass is 283 g/mol. The van der Waals surface area contributed by atoms with Gasteiger partial charge in [-0.15, -0.1) is 0 Å². The fraction of sp³-hybridized carbons (Fsp3) is 0.188. The highest BCUT2D eigenvalue weighted by Crippen LogP contribution is 2.16. The molecular formula is C16H17N3O2. The van der Waals surface area contributed by atoms with E-state index >= 15 is 0 Å². The van der Waals surface area contributed by atoms with Crippen molar-refractivity contribution in [3.05, 3.63) is 54.2 Å². The molecule has 1 unspecified atom stereocenters. The van der Waals surface area contributed by atoms with Crippen LogP contribution in [0.4, 0.5) is 0 Å². The summed E-state index contributed by atoms with van der Waals surface area (Å²) in [6.07, 6.45) is 0.444. The summed E-state index contributed by atoms with van der Waals surface area (Å²) in [4.78, 5) is 27.6. The normalized spacial score (nSPS) is 11.7. The van der Waals surface area contributed by atoms with Crippen LogP contribution in [-0.2, 0) is 4.79 Å². The summed E-state index contributed by atoms with van der Waals surface area (Å²) in [5.41, 5.74) is 7.11. The van der Waals surface area contributed by atoms with Crippen molar-refractivity contribution in [1.82, 2.24) is 10.3 Å². The van der Waals surface area contributed by atoms with Gasteiger partial charge in [0.1, 0.15) is 11.7 Å². The molecule has 1 heterocycles. The number of rotatable bonds is 5. The summed E-state index contributed by atoms with van der Waals surface area (Å²) in [5.74, 6) is -0.955. The third-order valence-electron chi connectivity index (χ3n) is 3.11. The molecule has 0 saturated heterocycles. The van der Waals surface area contributed by atoms with Crippen LogP contribution in [0.5, 0.6) is 0 Å². The maximum Gasteiger partial charge on any atom is 0.270 e. The number of nitrogens with one attached hydrogen (secondary N) is 1. The summed E-state index contributed by atoms with van der Waals surface area (Å²) in [5, 5.41) is 2.59. The van der Waals surface area contributed by atoms with Crippen molar-refractivity contribution in [2.24, 2.45) is 5.73 Å². The molecule has 108 valence electrons. The van der Waals surface area contributed by atoms with E-state index in [-0.39, 0.29) is 5.69 Å². The van der Waals surface area contributed by atoms with Crippen molar-refractivity contribution in [3.8, 4) is 11.3 Å². The molecule has 5 heteroatoms. The fourth-order valence-electron chi connectivity index (χ4n) is 1.94. The van der Waals surface area contributed by atoms with Crippen molar-refractivity contribution in [3.63, 3.8) is 0 Å². The topological polar surface area (TPSA) is 85.1 Å². The lowest BCUT2D eigenvalue weighted by atomic mass is 10.1. The molecule has 0 fully saturated rings. The Labute approximate surface area is 123 Å². The molecule has 0 aliphatic rings. The van der Waals surface area contributed by atoms with E-state index in [1.54, 1.807) is 19.1 Å². The van der Waals surface area contributed by atoms with Crippen molar-refractivity contribution in [2.45, 2.75) is 19.4 Å². The van der Waals surface area contributed by atoms with Crippen molar-refractivity contribution < 1.29 is 9.59 Å². The molecule has 0 radical (unpaired) electrons. The number of nitrogens with zero attached hydrogens (tertiary/aromatic N) is 1. The first-order valence-electron chi connectivity index (χ1n) is 6.74. The van der Waals surface area contributed by atoms with Gasteiger partial charge in [0.05, 0.1) is 5.69 Å². The van der Waals surface area contributed by atoms with Gasteiger partial charge in [-0.1, -0.05) is 43.3 Å². The van der Waals surface area contributed by atoms with Crippen LogP contribution in [-0.4, -0.2) is 22.8 Å². The van der Waals surface area contributed by atoms with Gasteiger partial charge in [-0.25, -0.2) is 4.98 Å². The molecule has 2 amide bonds. The van der Waals surface area contributed by atoms with Gasteiger partial charge in [-0.3, -0.25) is 9.59 Å². The maximum absolute atomic E-state index is 12.1. The Bertz CT molecular complexity index is 641. The highest BCUT2D eigenvalue weighted by Gasteiger charge is 2.17. The standard InChI is InChI=1S/C16H17N3O2/c1-2-12(15(17)20)19-16(21)14-10-6-9-13(18-14)11-7-4-3-5-8-11/h3-10,12H,2H2,1H3,(H2,17,20)(H,19,21). The van der Waals surface area contributed by atoms with Crippen LogP contribution in [0.1, 0.15) is 23.8 Å². The quantitative estimate of drug-likeness (QED) is 0.876. The predicted octanol–water partition coefficient (Wildman–Crippen LogP) is 1.74. The number of carbonyl (C=O) groups excluding carboxylic acids is 2. The van der Waals surface area contributed by atoms with Gasteiger partial charge in [-0.05, 0) is 18.6 Å². The Kier molecular flexibility index (Phi) is 4.66. The summed E-state index contributed by atoms with van der Waals surface area (Å²) in [6, 6.07) is 14.1. The molecule has 0 spiro atoms. The second kappa shape index (κ2) is 6.65. The van der Waals surface area contributed by atoms with Crippen LogP contribution < -0.4 is 11.1 Å². The van der Waals surface area contributed by atoms with Crippen LogP contribution in [0.25, 0.3) is 11.3 Å². The first-order valence-corrected chi connectivity index (χ1v) is 6.74. The molecule has 3 N–H and O–H groups in total. The second-order valence-corrected chi connectivity index (χ2v) is 4.61. The van der Waals surface area contributed by atoms with E-state index in [9.17, 15) is 9.59 Å². The molecule has 2 rings (SSSR count). The number of hydrogen-bond donors (Lipinski definition) is 2. The lowest BCUT2D eigenvalue weighted by Gasteiger charge is -2.13. The van der Waals surface area contributed by atoms with Gasteiger partial charge >= 0.3 is 0 Å². The Morgan fingerprint density at radius 1 is 1.14 bits per heavy atom. The maximum atomic E-state index is 12.1. The summed E-state index contributed by atoms with van der Waals surface area (Å²) in [7, 11) is 0. The third-order valence-corrected chi connectivity index (χ3v) is 3.11. The van der Waals surface area contributed by atoms with Crippen molar-refractivity contribution in [1.29, 1.82) is 0 Å².